The lowest BCUT2D eigenvalue weighted by molar-refractivity contribution is 0.407. The molecule has 2 rings (SSSR count). The zero-order chi connectivity index (χ0) is 13.7. The van der Waals surface area contributed by atoms with Gasteiger partial charge in [-0.15, -0.1) is 0 Å². The Labute approximate surface area is 111 Å². The number of nitrogens with one attached hydrogen (secondary N) is 1. The molecule has 2 aromatic rings. The second kappa shape index (κ2) is 6.36. The topological polar surface area (TPSA) is 60.4 Å². The first-order chi connectivity index (χ1) is 9.24. The Morgan fingerprint density at radius 1 is 1.42 bits per heavy atom. The smallest absolute Gasteiger partial charge is 0.131 e. The summed E-state index contributed by atoms with van der Waals surface area (Å²) in [5, 5.41) is 0. The number of aryl methyl sites for hydroxylation is 1. The molecule has 1 atom stereocenters. The fraction of sp³-hybridized carbons (Fsp3) is 0.286. The number of furan rings is 1. The molecule has 5 heteroatoms. The van der Waals surface area contributed by atoms with Crippen molar-refractivity contribution in [1.29, 1.82) is 0 Å². The van der Waals surface area contributed by atoms with Gasteiger partial charge in [-0.05, 0) is 24.6 Å². The molecule has 0 bridgehead atoms. The fourth-order valence-corrected chi connectivity index (χ4v) is 1.99. The molecule has 102 valence electrons. The summed E-state index contributed by atoms with van der Waals surface area (Å²) in [6.45, 7) is 0. The highest BCUT2D eigenvalue weighted by atomic mass is 19.1. The van der Waals surface area contributed by atoms with E-state index in [0.29, 0.717) is 24.2 Å². The molecule has 1 unspecified atom stereocenters. The molecule has 0 aliphatic rings. The van der Waals surface area contributed by atoms with Gasteiger partial charge in [-0.25, -0.2) is 4.39 Å². The van der Waals surface area contributed by atoms with Gasteiger partial charge in [-0.1, -0.05) is 6.07 Å². The maximum atomic E-state index is 13.9. The summed E-state index contributed by atoms with van der Waals surface area (Å²) in [6, 6.07) is 8.20. The van der Waals surface area contributed by atoms with Crippen LogP contribution in [-0.2, 0) is 6.42 Å². The number of halogens is 1. The van der Waals surface area contributed by atoms with E-state index in [2.05, 4.69) is 5.43 Å². The highest BCUT2D eigenvalue weighted by Gasteiger charge is 2.15. The van der Waals surface area contributed by atoms with Crippen LogP contribution in [0.1, 0.15) is 23.8 Å². The standard InChI is InChI=1S/C14H17FN2O2/c1-18-11-4-6-12(13(15)9-11)14(17-16)7-5-10-3-2-8-19-10/h2-4,6,8-9,14,17H,5,7,16H2,1H3. The number of hydrazine groups is 1. The van der Waals surface area contributed by atoms with Crippen LogP contribution in [0.4, 0.5) is 4.39 Å². The lowest BCUT2D eigenvalue weighted by Crippen LogP contribution is -2.29. The number of ether oxygens (including phenoxy) is 1. The largest absolute Gasteiger partial charge is 0.497 e. The number of rotatable bonds is 6. The Hall–Kier alpha value is -1.85. The summed E-state index contributed by atoms with van der Waals surface area (Å²) < 4.78 is 24.2. The van der Waals surface area contributed by atoms with Crippen LogP contribution in [0.15, 0.2) is 41.0 Å². The summed E-state index contributed by atoms with van der Waals surface area (Å²) in [7, 11) is 1.50. The van der Waals surface area contributed by atoms with E-state index in [0.717, 1.165) is 5.76 Å². The molecule has 19 heavy (non-hydrogen) atoms. The molecular weight excluding hydrogens is 247 g/mol. The van der Waals surface area contributed by atoms with E-state index in [1.54, 1.807) is 18.4 Å². The van der Waals surface area contributed by atoms with Gasteiger partial charge in [-0.2, -0.15) is 0 Å². The molecule has 0 spiro atoms. The molecule has 0 fully saturated rings. The first-order valence-corrected chi connectivity index (χ1v) is 6.06. The molecular formula is C14H17FN2O2. The van der Waals surface area contributed by atoms with E-state index in [1.165, 1.54) is 13.2 Å². The zero-order valence-corrected chi connectivity index (χ0v) is 10.7. The van der Waals surface area contributed by atoms with Crippen molar-refractivity contribution >= 4 is 0 Å². The Morgan fingerprint density at radius 3 is 2.84 bits per heavy atom. The molecule has 0 saturated carbocycles. The summed E-state index contributed by atoms with van der Waals surface area (Å²) in [5.74, 6) is 6.52. The minimum absolute atomic E-state index is 0.268. The van der Waals surface area contributed by atoms with Crippen LogP contribution in [0.2, 0.25) is 0 Å². The lowest BCUT2D eigenvalue weighted by atomic mass is 10.0. The fourth-order valence-electron chi connectivity index (χ4n) is 1.99. The molecule has 4 nitrogen and oxygen atoms in total. The number of methoxy groups -OCH3 is 1. The molecule has 3 N–H and O–H groups in total. The van der Waals surface area contributed by atoms with Crippen molar-refractivity contribution in [2.45, 2.75) is 18.9 Å². The van der Waals surface area contributed by atoms with E-state index < -0.39 is 0 Å². The van der Waals surface area contributed by atoms with Gasteiger partial charge in [0.1, 0.15) is 17.3 Å². The van der Waals surface area contributed by atoms with Crippen LogP contribution >= 0.6 is 0 Å². The van der Waals surface area contributed by atoms with Crippen molar-refractivity contribution in [2.75, 3.05) is 7.11 Å². The van der Waals surface area contributed by atoms with Crippen molar-refractivity contribution in [3.05, 3.63) is 53.7 Å². The van der Waals surface area contributed by atoms with Crippen LogP contribution < -0.4 is 16.0 Å². The first kappa shape index (κ1) is 13.6. The Balaban J connectivity index is 2.08. The molecule has 0 aliphatic carbocycles. The van der Waals surface area contributed by atoms with Crippen molar-refractivity contribution in [3.8, 4) is 5.75 Å². The average molecular weight is 264 g/mol. The van der Waals surface area contributed by atoms with E-state index >= 15 is 0 Å². The minimum atomic E-state index is -0.332. The second-order valence-electron chi connectivity index (χ2n) is 4.22. The van der Waals surface area contributed by atoms with Gasteiger partial charge in [-0.3, -0.25) is 11.3 Å². The summed E-state index contributed by atoms with van der Waals surface area (Å²) >= 11 is 0. The number of hydrogen-bond donors (Lipinski definition) is 2. The quantitative estimate of drug-likeness (QED) is 0.622. The Morgan fingerprint density at radius 2 is 2.26 bits per heavy atom. The average Bonchev–Trinajstić information content (AvgIpc) is 2.94. The summed E-state index contributed by atoms with van der Waals surface area (Å²) in [6.07, 6.45) is 2.95. The maximum Gasteiger partial charge on any atom is 0.131 e. The van der Waals surface area contributed by atoms with E-state index in [4.69, 9.17) is 15.0 Å². The Bertz CT molecular complexity index is 514. The van der Waals surface area contributed by atoms with Gasteiger partial charge in [0.15, 0.2) is 0 Å². The van der Waals surface area contributed by atoms with E-state index in [9.17, 15) is 4.39 Å². The van der Waals surface area contributed by atoms with Gasteiger partial charge >= 0.3 is 0 Å². The predicted molar refractivity (Wildman–Crippen MR) is 70.0 cm³/mol. The van der Waals surface area contributed by atoms with Gasteiger partial charge in [0.2, 0.25) is 0 Å². The third kappa shape index (κ3) is 3.33. The lowest BCUT2D eigenvalue weighted by Gasteiger charge is -2.17. The maximum absolute atomic E-state index is 13.9. The van der Waals surface area contributed by atoms with Crippen molar-refractivity contribution in [2.24, 2.45) is 5.84 Å². The summed E-state index contributed by atoms with van der Waals surface area (Å²) in [5.41, 5.74) is 3.16. The van der Waals surface area contributed by atoms with Gasteiger partial charge in [0, 0.05) is 24.1 Å². The van der Waals surface area contributed by atoms with Crippen LogP contribution in [0.3, 0.4) is 0 Å². The second-order valence-corrected chi connectivity index (χ2v) is 4.22. The van der Waals surface area contributed by atoms with Crippen LogP contribution in [0.25, 0.3) is 0 Å². The zero-order valence-electron chi connectivity index (χ0n) is 10.7. The molecule has 0 aliphatic heterocycles. The van der Waals surface area contributed by atoms with E-state index in [-0.39, 0.29) is 11.9 Å². The molecule has 0 amide bonds. The van der Waals surface area contributed by atoms with Crippen LogP contribution in [0.5, 0.6) is 5.75 Å². The summed E-state index contributed by atoms with van der Waals surface area (Å²) in [4.78, 5) is 0. The molecule has 1 aromatic heterocycles. The highest BCUT2D eigenvalue weighted by molar-refractivity contribution is 5.30. The van der Waals surface area contributed by atoms with Crippen LogP contribution in [0, 0.1) is 5.82 Å². The first-order valence-electron chi connectivity index (χ1n) is 6.06. The van der Waals surface area contributed by atoms with Crippen molar-refractivity contribution in [1.82, 2.24) is 5.43 Å². The third-order valence-corrected chi connectivity index (χ3v) is 3.04. The van der Waals surface area contributed by atoms with Gasteiger partial charge < -0.3 is 9.15 Å². The third-order valence-electron chi connectivity index (χ3n) is 3.04. The van der Waals surface area contributed by atoms with Gasteiger partial charge in [0.05, 0.1) is 13.4 Å². The van der Waals surface area contributed by atoms with Gasteiger partial charge in [0.25, 0.3) is 0 Å². The minimum Gasteiger partial charge on any atom is -0.497 e. The normalized spacial score (nSPS) is 12.4. The highest BCUT2D eigenvalue weighted by Crippen LogP contribution is 2.24. The number of benzene rings is 1. The molecule has 1 aromatic carbocycles. The monoisotopic (exact) mass is 264 g/mol. The van der Waals surface area contributed by atoms with Crippen molar-refractivity contribution < 1.29 is 13.5 Å². The van der Waals surface area contributed by atoms with Crippen molar-refractivity contribution in [3.63, 3.8) is 0 Å². The molecule has 0 saturated heterocycles. The SMILES string of the molecule is COc1ccc(C(CCc2ccco2)NN)c(F)c1. The van der Waals surface area contributed by atoms with Crippen LogP contribution in [-0.4, -0.2) is 7.11 Å². The predicted octanol–water partition coefficient (Wildman–Crippen LogP) is 2.56. The Kier molecular flexibility index (Phi) is 4.54. The number of nitrogens with two attached hydrogens (primary N) is 1. The molecule has 0 radical (unpaired) electrons. The number of hydrogen-bond acceptors (Lipinski definition) is 4. The van der Waals surface area contributed by atoms with E-state index in [1.807, 2.05) is 12.1 Å². The molecule has 1 heterocycles.